The fraction of sp³-hybridized carbons (Fsp3) is 0.667. The number of hydrogen-bond donors (Lipinski definition) is 1. The van der Waals surface area contributed by atoms with Crippen LogP contribution in [-0.4, -0.2) is 11.2 Å². The van der Waals surface area contributed by atoms with E-state index in [1.807, 2.05) is 12.1 Å². The Morgan fingerprint density at radius 1 is 0.850 bits per heavy atom. The fourth-order valence-corrected chi connectivity index (χ4v) is 2.45. The van der Waals surface area contributed by atoms with E-state index in [2.05, 4.69) is 13.8 Å². The molecule has 0 aliphatic heterocycles. The second-order valence-corrected chi connectivity index (χ2v) is 5.58. The number of rotatable bonds is 11. The van der Waals surface area contributed by atoms with Gasteiger partial charge in [0, 0.05) is 0 Å². The molecule has 0 aliphatic rings. The first-order valence-corrected chi connectivity index (χ1v) is 8.22. The quantitative estimate of drug-likeness (QED) is 0.527. The van der Waals surface area contributed by atoms with Crippen molar-refractivity contribution in [1.82, 2.24) is 0 Å². The molecule has 0 amide bonds. The normalized spacial score (nSPS) is 12.3. The molecule has 0 spiro atoms. The average molecular weight is 278 g/mol. The Balaban J connectivity index is 2.27. The summed E-state index contributed by atoms with van der Waals surface area (Å²) in [6.45, 7) is 4.46. The van der Waals surface area contributed by atoms with Gasteiger partial charge in [0.1, 0.15) is 11.5 Å². The van der Waals surface area contributed by atoms with Crippen molar-refractivity contribution in [3.8, 4) is 11.5 Å². The van der Waals surface area contributed by atoms with Crippen LogP contribution in [0.4, 0.5) is 0 Å². The van der Waals surface area contributed by atoms with Gasteiger partial charge in [0.15, 0.2) is 0 Å². The van der Waals surface area contributed by atoms with E-state index in [1.54, 1.807) is 12.1 Å². The van der Waals surface area contributed by atoms with Crippen molar-refractivity contribution in [1.29, 1.82) is 0 Å². The maximum atomic E-state index is 9.28. The smallest absolute Gasteiger partial charge is 0.119 e. The first-order valence-electron chi connectivity index (χ1n) is 8.22. The molecule has 0 saturated carbocycles. The molecule has 0 bridgehead atoms. The minimum atomic E-state index is 0.292. The van der Waals surface area contributed by atoms with Crippen molar-refractivity contribution in [2.45, 2.75) is 77.7 Å². The van der Waals surface area contributed by atoms with E-state index in [1.165, 1.54) is 38.5 Å². The van der Waals surface area contributed by atoms with Crippen LogP contribution in [0.15, 0.2) is 24.3 Å². The van der Waals surface area contributed by atoms with Gasteiger partial charge < -0.3 is 9.84 Å². The van der Waals surface area contributed by atoms with E-state index < -0.39 is 0 Å². The molecule has 1 aromatic rings. The molecule has 1 atom stereocenters. The molecule has 1 unspecified atom stereocenters. The second-order valence-electron chi connectivity index (χ2n) is 5.58. The van der Waals surface area contributed by atoms with Crippen LogP contribution < -0.4 is 4.74 Å². The number of benzene rings is 1. The van der Waals surface area contributed by atoms with Gasteiger partial charge in [-0.15, -0.1) is 0 Å². The monoisotopic (exact) mass is 278 g/mol. The van der Waals surface area contributed by atoms with Crippen LogP contribution in [0, 0.1) is 0 Å². The summed E-state index contributed by atoms with van der Waals surface area (Å²) < 4.78 is 6.03. The van der Waals surface area contributed by atoms with Gasteiger partial charge in [-0.1, -0.05) is 52.4 Å². The minimum Gasteiger partial charge on any atom is -0.508 e. The zero-order valence-corrected chi connectivity index (χ0v) is 13.1. The number of phenolic OH excluding ortho intramolecular Hbond substituents is 1. The zero-order valence-electron chi connectivity index (χ0n) is 13.1. The predicted octanol–water partition coefficient (Wildman–Crippen LogP) is 5.69. The van der Waals surface area contributed by atoms with Crippen molar-refractivity contribution in [2.75, 3.05) is 0 Å². The molecular weight excluding hydrogens is 248 g/mol. The first-order chi connectivity index (χ1) is 9.76. The van der Waals surface area contributed by atoms with Crippen LogP contribution >= 0.6 is 0 Å². The lowest BCUT2D eigenvalue weighted by atomic mass is 10.0. The zero-order chi connectivity index (χ0) is 14.6. The molecule has 0 aliphatic carbocycles. The number of aromatic hydroxyl groups is 1. The van der Waals surface area contributed by atoms with Gasteiger partial charge in [-0.25, -0.2) is 0 Å². The van der Waals surface area contributed by atoms with Gasteiger partial charge >= 0.3 is 0 Å². The van der Waals surface area contributed by atoms with Crippen LogP contribution in [0.2, 0.25) is 0 Å². The largest absolute Gasteiger partial charge is 0.508 e. The average Bonchev–Trinajstić information content (AvgIpc) is 2.45. The van der Waals surface area contributed by atoms with E-state index in [9.17, 15) is 5.11 Å². The molecule has 114 valence electrons. The third-order valence-corrected chi connectivity index (χ3v) is 3.63. The van der Waals surface area contributed by atoms with Crippen LogP contribution in [-0.2, 0) is 0 Å². The van der Waals surface area contributed by atoms with Crippen LogP contribution in [0.1, 0.15) is 71.6 Å². The van der Waals surface area contributed by atoms with E-state index >= 15 is 0 Å². The summed E-state index contributed by atoms with van der Waals surface area (Å²) in [4.78, 5) is 0. The maximum Gasteiger partial charge on any atom is 0.119 e. The van der Waals surface area contributed by atoms with E-state index in [4.69, 9.17) is 4.74 Å². The SMILES string of the molecule is CCCCCCCCC(CCC)Oc1ccc(O)cc1. The molecule has 0 radical (unpaired) electrons. The first kappa shape index (κ1) is 16.9. The number of phenols is 1. The van der Waals surface area contributed by atoms with Crippen LogP contribution in [0.5, 0.6) is 11.5 Å². The molecule has 0 heterocycles. The summed E-state index contributed by atoms with van der Waals surface area (Å²) in [7, 11) is 0. The molecule has 0 saturated heterocycles. The molecule has 2 heteroatoms. The third-order valence-electron chi connectivity index (χ3n) is 3.63. The summed E-state index contributed by atoms with van der Waals surface area (Å²) in [6.07, 6.45) is 11.7. The molecule has 1 N–H and O–H groups in total. The van der Waals surface area contributed by atoms with Crippen molar-refractivity contribution in [3.05, 3.63) is 24.3 Å². The highest BCUT2D eigenvalue weighted by Gasteiger charge is 2.09. The highest BCUT2D eigenvalue weighted by atomic mass is 16.5. The van der Waals surface area contributed by atoms with E-state index in [0.29, 0.717) is 11.9 Å². The molecule has 2 nitrogen and oxygen atoms in total. The molecular formula is C18H30O2. The highest BCUT2D eigenvalue weighted by Crippen LogP contribution is 2.21. The number of ether oxygens (including phenoxy) is 1. The number of unbranched alkanes of at least 4 members (excludes halogenated alkanes) is 5. The minimum absolute atomic E-state index is 0.292. The topological polar surface area (TPSA) is 29.5 Å². The summed E-state index contributed by atoms with van der Waals surface area (Å²) in [5, 5.41) is 9.28. The molecule has 1 aromatic carbocycles. The third kappa shape index (κ3) is 7.42. The van der Waals surface area contributed by atoms with Gasteiger partial charge in [0.05, 0.1) is 6.10 Å². The fourth-order valence-electron chi connectivity index (χ4n) is 2.45. The van der Waals surface area contributed by atoms with E-state index in [-0.39, 0.29) is 0 Å². The summed E-state index contributed by atoms with van der Waals surface area (Å²) in [6, 6.07) is 7.06. The van der Waals surface area contributed by atoms with Gasteiger partial charge in [0.2, 0.25) is 0 Å². The Hall–Kier alpha value is -1.18. The van der Waals surface area contributed by atoms with E-state index in [0.717, 1.165) is 25.0 Å². The van der Waals surface area contributed by atoms with Crippen molar-refractivity contribution in [3.63, 3.8) is 0 Å². The van der Waals surface area contributed by atoms with Crippen LogP contribution in [0.25, 0.3) is 0 Å². The predicted molar refractivity (Wildman–Crippen MR) is 85.4 cm³/mol. The second kappa shape index (κ2) is 10.6. The lowest BCUT2D eigenvalue weighted by Crippen LogP contribution is -2.16. The molecule has 20 heavy (non-hydrogen) atoms. The van der Waals surface area contributed by atoms with Gasteiger partial charge in [-0.3, -0.25) is 0 Å². The van der Waals surface area contributed by atoms with Crippen LogP contribution in [0.3, 0.4) is 0 Å². The van der Waals surface area contributed by atoms with Crippen molar-refractivity contribution >= 4 is 0 Å². The summed E-state index contributed by atoms with van der Waals surface area (Å²) in [5.74, 6) is 1.16. The Labute approximate surface area is 124 Å². The van der Waals surface area contributed by atoms with Gasteiger partial charge in [0.25, 0.3) is 0 Å². The summed E-state index contributed by atoms with van der Waals surface area (Å²) in [5.41, 5.74) is 0. The van der Waals surface area contributed by atoms with Gasteiger partial charge in [-0.05, 0) is 43.5 Å². The lowest BCUT2D eigenvalue weighted by Gasteiger charge is -2.18. The highest BCUT2D eigenvalue weighted by molar-refractivity contribution is 5.30. The summed E-state index contributed by atoms with van der Waals surface area (Å²) >= 11 is 0. The number of hydrogen-bond acceptors (Lipinski definition) is 2. The molecule has 0 fully saturated rings. The Kier molecular flexibility index (Phi) is 8.93. The molecule has 0 aromatic heterocycles. The Morgan fingerprint density at radius 2 is 1.50 bits per heavy atom. The maximum absolute atomic E-state index is 9.28. The standard InChI is InChI=1S/C18H30O2/c1-3-5-6-7-8-9-11-17(10-4-2)20-18-14-12-16(19)13-15-18/h12-15,17,19H,3-11H2,1-2H3. The Morgan fingerprint density at radius 3 is 2.15 bits per heavy atom. The lowest BCUT2D eigenvalue weighted by molar-refractivity contribution is 0.175. The van der Waals surface area contributed by atoms with Crippen molar-refractivity contribution < 1.29 is 9.84 Å². The molecule has 1 rings (SSSR count). The van der Waals surface area contributed by atoms with Crippen molar-refractivity contribution in [2.24, 2.45) is 0 Å². The Bertz CT molecular complexity index is 332. The van der Waals surface area contributed by atoms with Gasteiger partial charge in [-0.2, -0.15) is 0 Å².